The van der Waals surface area contributed by atoms with Gasteiger partial charge in [0.25, 0.3) is 0 Å². The van der Waals surface area contributed by atoms with Crippen molar-refractivity contribution in [1.82, 2.24) is 0 Å². The third-order valence-corrected chi connectivity index (χ3v) is 3.23. The van der Waals surface area contributed by atoms with E-state index in [2.05, 4.69) is 6.92 Å². The fraction of sp³-hybridized carbons (Fsp3) is 1.00. The van der Waals surface area contributed by atoms with Crippen molar-refractivity contribution in [3.05, 3.63) is 0 Å². The van der Waals surface area contributed by atoms with E-state index >= 15 is 0 Å². The second kappa shape index (κ2) is 6.10. The fourth-order valence-electron chi connectivity index (χ4n) is 1.53. The Morgan fingerprint density at radius 3 is 2.62 bits per heavy atom. The summed E-state index contributed by atoms with van der Waals surface area (Å²) in [5.74, 6) is 0.586. The number of epoxide rings is 1. The molecule has 1 fully saturated rings. The van der Waals surface area contributed by atoms with E-state index in [-0.39, 0.29) is 17.6 Å². The molecular weight excluding hydrogens is 207 g/mol. The van der Waals surface area contributed by atoms with Crippen LogP contribution in [0.25, 0.3) is 0 Å². The molecule has 0 aromatic carbocycles. The summed E-state index contributed by atoms with van der Waals surface area (Å²) in [7, 11) is 0. The first-order valence-electron chi connectivity index (χ1n) is 5.15. The topological polar surface area (TPSA) is 12.5 Å². The molecule has 3 atom stereocenters. The van der Waals surface area contributed by atoms with E-state index in [0.29, 0.717) is 5.88 Å². The molecule has 1 saturated heterocycles. The van der Waals surface area contributed by atoms with Gasteiger partial charge in [-0.25, -0.2) is 0 Å². The maximum absolute atomic E-state index is 6.15. The van der Waals surface area contributed by atoms with E-state index in [4.69, 9.17) is 27.9 Å². The average Bonchev–Trinajstić information content (AvgIpc) is 2.91. The Kier molecular flexibility index (Phi) is 5.45. The van der Waals surface area contributed by atoms with Gasteiger partial charge in [-0.2, -0.15) is 0 Å². The maximum Gasteiger partial charge on any atom is 0.102 e. The second-order valence-electron chi connectivity index (χ2n) is 3.66. The molecule has 0 aliphatic carbocycles. The number of unbranched alkanes of at least 4 members (excludes halogenated alkanes) is 3. The molecule has 3 heteroatoms. The molecule has 13 heavy (non-hydrogen) atoms. The van der Waals surface area contributed by atoms with Crippen molar-refractivity contribution < 1.29 is 4.74 Å². The molecule has 0 bridgehead atoms. The Balaban J connectivity index is 1.96. The van der Waals surface area contributed by atoms with E-state index in [1.807, 2.05) is 0 Å². The van der Waals surface area contributed by atoms with Crippen LogP contribution in [0, 0.1) is 0 Å². The third-order valence-electron chi connectivity index (χ3n) is 2.46. The summed E-state index contributed by atoms with van der Waals surface area (Å²) in [4.78, 5) is 0. The van der Waals surface area contributed by atoms with Crippen molar-refractivity contribution in [2.45, 2.75) is 56.6 Å². The van der Waals surface area contributed by atoms with Gasteiger partial charge in [0.1, 0.15) is 6.10 Å². The van der Waals surface area contributed by atoms with Crippen molar-refractivity contribution in [2.24, 2.45) is 0 Å². The van der Waals surface area contributed by atoms with Gasteiger partial charge < -0.3 is 4.74 Å². The Morgan fingerprint density at radius 1 is 1.31 bits per heavy atom. The second-order valence-corrected chi connectivity index (χ2v) is 4.53. The van der Waals surface area contributed by atoms with Crippen molar-refractivity contribution >= 4 is 23.2 Å². The van der Waals surface area contributed by atoms with Gasteiger partial charge in [-0.3, -0.25) is 0 Å². The minimum absolute atomic E-state index is 0.181. The van der Waals surface area contributed by atoms with Gasteiger partial charge in [-0.05, 0) is 6.42 Å². The molecule has 0 aromatic heterocycles. The molecule has 0 N–H and O–H groups in total. The predicted octanol–water partition coefficient (Wildman–Crippen LogP) is 3.57. The van der Waals surface area contributed by atoms with Crippen LogP contribution in [0.1, 0.15) is 39.0 Å². The lowest BCUT2D eigenvalue weighted by Gasteiger charge is -2.04. The van der Waals surface area contributed by atoms with E-state index in [1.54, 1.807) is 0 Å². The van der Waals surface area contributed by atoms with Gasteiger partial charge in [0.2, 0.25) is 0 Å². The fourth-order valence-corrected chi connectivity index (χ4v) is 2.15. The molecule has 1 aliphatic rings. The van der Waals surface area contributed by atoms with Crippen LogP contribution in [0.5, 0.6) is 0 Å². The maximum atomic E-state index is 6.15. The Labute approximate surface area is 90.7 Å². The molecule has 0 aromatic rings. The molecule has 1 aliphatic heterocycles. The lowest BCUT2D eigenvalue weighted by Crippen LogP contribution is -2.10. The van der Waals surface area contributed by atoms with Crippen molar-refractivity contribution in [3.8, 4) is 0 Å². The minimum Gasteiger partial charge on any atom is -0.367 e. The van der Waals surface area contributed by atoms with Crippen LogP contribution in [0.4, 0.5) is 0 Å². The molecule has 1 rings (SSSR count). The van der Waals surface area contributed by atoms with Crippen LogP contribution < -0.4 is 0 Å². The molecular formula is C10H18Cl2O. The van der Waals surface area contributed by atoms with Gasteiger partial charge in [-0.15, -0.1) is 23.2 Å². The third kappa shape index (κ3) is 4.05. The minimum atomic E-state index is 0.181. The first-order valence-corrected chi connectivity index (χ1v) is 6.12. The molecule has 1 heterocycles. The van der Waals surface area contributed by atoms with E-state index < -0.39 is 0 Å². The first kappa shape index (κ1) is 11.6. The zero-order valence-corrected chi connectivity index (χ0v) is 9.65. The molecule has 78 valence electrons. The summed E-state index contributed by atoms with van der Waals surface area (Å²) in [5.41, 5.74) is 0. The van der Waals surface area contributed by atoms with Crippen LogP contribution in [0.2, 0.25) is 0 Å². The van der Waals surface area contributed by atoms with E-state index in [9.17, 15) is 0 Å². The zero-order valence-electron chi connectivity index (χ0n) is 8.14. The molecule has 3 unspecified atom stereocenters. The lowest BCUT2D eigenvalue weighted by atomic mass is 10.1. The average molecular weight is 225 g/mol. The summed E-state index contributed by atoms with van der Waals surface area (Å²) in [6, 6.07) is 0. The van der Waals surface area contributed by atoms with Gasteiger partial charge in [-0.1, -0.05) is 32.6 Å². The molecule has 0 amide bonds. The number of halogens is 2. The summed E-state index contributed by atoms with van der Waals surface area (Å²) in [6.45, 7) is 2.21. The number of alkyl halides is 2. The standard InChI is InChI=1S/C10H18Cl2O/c1-2-3-4-5-6-8(12)10-9(7-11)13-10/h8-10H,2-7H2,1H3. The van der Waals surface area contributed by atoms with Gasteiger partial charge >= 0.3 is 0 Å². The van der Waals surface area contributed by atoms with Crippen molar-refractivity contribution in [1.29, 1.82) is 0 Å². The number of hydrogen-bond acceptors (Lipinski definition) is 1. The van der Waals surface area contributed by atoms with Crippen molar-refractivity contribution in [2.75, 3.05) is 5.88 Å². The largest absolute Gasteiger partial charge is 0.367 e. The number of rotatable bonds is 7. The Hall–Kier alpha value is 0.540. The monoisotopic (exact) mass is 224 g/mol. The van der Waals surface area contributed by atoms with Crippen LogP contribution in [0.3, 0.4) is 0 Å². The summed E-state index contributed by atoms with van der Waals surface area (Å²) in [6.07, 6.45) is 6.64. The lowest BCUT2D eigenvalue weighted by molar-refractivity contribution is 0.368. The summed E-state index contributed by atoms with van der Waals surface area (Å²) >= 11 is 11.8. The van der Waals surface area contributed by atoms with E-state index in [0.717, 1.165) is 6.42 Å². The first-order chi connectivity index (χ1) is 6.29. The molecule has 1 nitrogen and oxygen atoms in total. The molecule has 0 radical (unpaired) electrons. The molecule has 0 saturated carbocycles. The summed E-state index contributed by atoms with van der Waals surface area (Å²) in [5, 5.41) is 0.181. The highest BCUT2D eigenvalue weighted by Crippen LogP contribution is 2.32. The predicted molar refractivity (Wildman–Crippen MR) is 57.8 cm³/mol. The quantitative estimate of drug-likeness (QED) is 0.366. The molecule has 0 spiro atoms. The smallest absolute Gasteiger partial charge is 0.102 e. The Bertz CT molecular complexity index is 141. The highest BCUT2D eigenvalue weighted by Gasteiger charge is 2.42. The van der Waals surface area contributed by atoms with E-state index in [1.165, 1.54) is 25.7 Å². The van der Waals surface area contributed by atoms with Crippen LogP contribution in [-0.4, -0.2) is 23.5 Å². The highest BCUT2D eigenvalue weighted by atomic mass is 35.5. The SMILES string of the molecule is CCCCCCC(Cl)C1OC1CCl. The summed E-state index contributed by atoms with van der Waals surface area (Å²) < 4.78 is 5.32. The highest BCUT2D eigenvalue weighted by molar-refractivity contribution is 6.21. The van der Waals surface area contributed by atoms with Gasteiger partial charge in [0.05, 0.1) is 17.4 Å². The Morgan fingerprint density at radius 2 is 2.08 bits per heavy atom. The van der Waals surface area contributed by atoms with Crippen LogP contribution in [0.15, 0.2) is 0 Å². The van der Waals surface area contributed by atoms with Gasteiger partial charge in [0.15, 0.2) is 0 Å². The number of ether oxygens (including phenoxy) is 1. The normalized spacial score (nSPS) is 28.8. The number of hydrogen-bond donors (Lipinski definition) is 0. The van der Waals surface area contributed by atoms with Crippen molar-refractivity contribution in [3.63, 3.8) is 0 Å². The van der Waals surface area contributed by atoms with Crippen LogP contribution >= 0.6 is 23.2 Å². The van der Waals surface area contributed by atoms with Gasteiger partial charge in [0, 0.05) is 0 Å². The van der Waals surface area contributed by atoms with Crippen LogP contribution in [-0.2, 0) is 4.74 Å². The zero-order chi connectivity index (χ0) is 9.68.